The maximum atomic E-state index is 12.5. The van der Waals surface area contributed by atoms with Crippen LogP contribution in [0.3, 0.4) is 0 Å². The predicted molar refractivity (Wildman–Crippen MR) is 52.9 cm³/mol. The molecular formula is C8H5F2IN2O. The minimum absolute atomic E-state index is 0.100. The molecule has 0 saturated carbocycles. The van der Waals surface area contributed by atoms with Crippen LogP contribution in [0.5, 0.6) is 5.75 Å². The number of alkyl halides is 2. The van der Waals surface area contributed by atoms with Gasteiger partial charge >= 0.3 is 0 Å². The van der Waals surface area contributed by atoms with E-state index in [1.54, 1.807) is 28.7 Å². The van der Waals surface area contributed by atoms with Crippen LogP contribution in [0.15, 0.2) is 6.20 Å². The third-order valence-corrected chi connectivity index (χ3v) is 2.55. The van der Waals surface area contributed by atoms with Crippen molar-refractivity contribution in [3.8, 4) is 11.8 Å². The SMILES string of the molecule is N#CCc1c(I)ncc(O)c1C(F)F. The molecule has 1 aromatic rings. The van der Waals surface area contributed by atoms with Gasteiger partial charge in [-0.15, -0.1) is 0 Å². The van der Waals surface area contributed by atoms with Gasteiger partial charge in [0.2, 0.25) is 0 Å². The van der Waals surface area contributed by atoms with Crippen molar-refractivity contribution in [3.05, 3.63) is 21.0 Å². The van der Waals surface area contributed by atoms with Crippen LogP contribution in [0.2, 0.25) is 0 Å². The summed E-state index contributed by atoms with van der Waals surface area (Å²) in [6, 6.07) is 1.76. The van der Waals surface area contributed by atoms with Crippen molar-refractivity contribution in [2.45, 2.75) is 12.8 Å². The van der Waals surface area contributed by atoms with Crippen LogP contribution >= 0.6 is 22.6 Å². The Morgan fingerprint density at radius 3 is 2.79 bits per heavy atom. The highest BCUT2D eigenvalue weighted by molar-refractivity contribution is 14.1. The van der Waals surface area contributed by atoms with Gasteiger partial charge < -0.3 is 5.11 Å². The molecule has 74 valence electrons. The summed E-state index contributed by atoms with van der Waals surface area (Å²) in [7, 11) is 0. The molecule has 0 aromatic carbocycles. The lowest BCUT2D eigenvalue weighted by Gasteiger charge is -2.08. The molecule has 1 rings (SSSR count). The molecule has 0 aliphatic carbocycles. The Kier molecular flexibility index (Phi) is 3.57. The smallest absolute Gasteiger partial charge is 0.267 e. The van der Waals surface area contributed by atoms with Gasteiger partial charge in [0.1, 0.15) is 9.45 Å². The molecule has 14 heavy (non-hydrogen) atoms. The highest BCUT2D eigenvalue weighted by Crippen LogP contribution is 2.32. The van der Waals surface area contributed by atoms with Crippen LogP contribution in [0.25, 0.3) is 0 Å². The molecule has 0 unspecified atom stereocenters. The molecule has 0 radical (unpaired) electrons. The predicted octanol–water partition coefficient (Wildman–Crippen LogP) is 2.40. The summed E-state index contributed by atoms with van der Waals surface area (Å²) >= 11 is 1.75. The van der Waals surface area contributed by atoms with Crippen molar-refractivity contribution in [1.29, 1.82) is 5.26 Å². The molecular weight excluding hydrogens is 305 g/mol. The summed E-state index contributed by atoms with van der Waals surface area (Å²) in [5.74, 6) is -0.564. The molecule has 3 nitrogen and oxygen atoms in total. The maximum Gasteiger partial charge on any atom is 0.267 e. The number of pyridine rings is 1. The molecule has 1 heterocycles. The molecule has 6 heteroatoms. The summed E-state index contributed by atoms with van der Waals surface area (Å²) in [5.41, 5.74) is -0.394. The Morgan fingerprint density at radius 1 is 1.64 bits per heavy atom. The number of hydrogen-bond acceptors (Lipinski definition) is 3. The summed E-state index contributed by atoms with van der Waals surface area (Å²) in [5, 5.41) is 17.6. The molecule has 0 aliphatic heterocycles. The van der Waals surface area contributed by atoms with Crippen molar-refractivity contribution in [3.63, 3.8) is 0 Å². The quantitative estimate of drug-likeness (QED) is 0.674. The summed E-state index contributed by atoms with van der Waals surface area (Å²) in [6.45, 7) is 0. The Labute approximate surface area is 92.5 Å². The first kappa shape index (κ1) is 11.1. The summed E-state index contributed by atoms with van der Waals surface area (Å²) in [6.07, 6.45) is -2.02. The van der Waals surface area contributed by atoms with Crippen LogP contribution in [-0.2, 0) is 6.42 Å². The highest BCUT2D eigenvalue weighted by atomic mass is 127. The van der Waals surface area contributed by atoms with Crippen molar-refractivity contribution >= 4 is 22.6 Å². The fourth-order valence-electron chi connectivity index (χ4n) is 1.02. The Morgan fingerprint density at radius 2 is 2.29 bits per heavy atom. The van der Waals surface area contributed by atoms with Gasteiger partial charge in [0.05, 0.1) is 24.3 Å². The number of aromatic nitrogens is 1. The molecule has 0 amide bonds. The normalized spacial score (nSPS) is 10.2. The molecule has 0 fully saturated rings. The second kappa shape index (κ2) is 4.50. The molecule has 1 aromatic heterocycles. The Bertz CT molecular complexity index is 390. The van der Waals surface area contributed by atoms with Crippen LogP contribution < -0.4 is 0 Å². The fraction of sp³-hybridized carbons (Fsp3) is 0.250. The lowest BCUT2D eigenvalue weighted by molar-refractivity contribution is 0.146. The molecule has 0 spiro atoms. The highest BCUT2D eigenvalue weighted by Gasteiger charge is 2.20. The van der Waals surface area contributed by atoms with E-state index in [-0.39, 0.29) is 12.0 Å². The van der Waals surface area contributed by atoms with Gasteiger partial charge in [-0.1, -0.05) is 0 Å². The number of aromatic hydroxyl groups is 1. The molecule has 1 N–H and O–H groups in total. The van der Waals surface area contributed by atoms with Crippen LogP contribution in [0.4, 0.5) is 8.78 Å². The zero-order valence-electron chi connectivity index (χ0n) is 6.84. The van der Waals surface area contributed by atoms with Gasteiger partial charge in [0, 0.05) is 5.56 Å². The third kappa shape index (κ3) is 2.09. The topological polar surface area (TPSA) is 56.9 Å². The van der Waals surface area contributed by atoms with Gasteiger partial charge in [0.15, 0.2) is 0 Å². The number of rotatable bonds is 2. The van der Waals surface area contributed by atoms with E-state index in [9.17, 15) is 8.78 Å². The first-order chi connectivity index (χ1) is 6.57. The van der Waals surface area contributed by atoms with Crippen LogP contribution in [-0.4, -0.2) is 10.1 Å². The first-order valence-corrected chi connectivity index (χ1v) is 4.67. The van der Waals surface area contributed by atoms with E-state index in [0.29, 0.717) is 3.70 Å². The van der Waals surface area contributed by atoms with E-state index in [2.05, 4.69) is 4.98 Å². The Balaban J connectivity index is 3.35. The second-order valence-electron chi connectivity index (χ2n) is 2.46. The van der Waals surface area contributed by atoms with Gasteiger partial charge in [-0.05, 0) is 22.6 Å². The van der Waals surface area contributed by atoms with Crippen molar-refractivity contribution in [2.24, 2.45) is 0 Å². The molecule has 0 aliphatic rings. The van der Waals surface area contributed by atoms with Crippen molar-refractivity contribution < 1.29 is 13.9 Å². The minimum Gasteiger partial charge on any atom is -0.506 e. The van der Waals surface area contributed by atoms with E-state index in [0.717, 1.165) is 6.20 Å². The Hall–Kier alpha value is -0.970. The van der Waals surface area contributed by atoms with E-state index in [4.69, 9.17) is 10.4 Å². The van der Waals surface area contributed by atoms with E-state index < -0.39 is 17.7 Å². The lowest BCUT2D eigenvalue weighted by Crippen LogP contribution is -2.00. The molecule has 0 bridgehead atoms. The first-order valence-electron chi connectivity index (χ1n) is 3.59. The maximum absolute atomic E-state index is 12.5. The number of halogens is 3. The zero-order valence-corrected chi connectivity index (χ0v) is 8.99. The fourth-order valence-corrected chi connectivity index (χ4v) is 1.64. The van der Waals surface area contributed by atoms with E-state index in [1.807, 2.05) is 0 Å². The largest absolute Gasteiger partial charge is 0.506 e. The van der Waals surface area contributed by atoms with E-state index in [1.165, 1.54) is 0 Å². The van der Waals surface area contributed by atoms with Crippen molar-refractivity contribution in [2.75, 3.05) is 0 Å². The summed E-state index contributed by atoms with van der Waals surface area (Å²) in [4.78, 5) is 3.69. The standard InChI is InChI=1S/C8H5F2IN2O/c9-7(10)6-4(1-2-12)8(11)13-3-5(6)14/h3,7,14H,1H2. The van der Waals surface area contributed by atoms with Gasteiger partial charge in [-0.25, -0.2) is 13.8 Å². The average molecular weight is 310 g/mol. The molecule has 0 atom stereocenters. The second-order valence-corrected chi connectivity index (χ2v) is 3.48. The lowest BCUT2D eigenvalue weighted by atomic mass is 10.1. The number of nitrogens with zero attached hydrogens (tertiary/aromatic N) is 2. The average Bonchev–Trinajstić information content (AvgIpc) is 2.11. The number of nitriles is 1. The monoisotopic (exact) mass is 310 g/mol. The zero-order chi connectivity index (χ0) is 10.7. The minimum atomic E-state index is -2.80. The van der Waals surface area contributed by atoms with Gasteiger partial charge in [-0.2, -0.15) is 5.26 Å². The van der Waals surface area contributed by atoms with Crippen molar-refractivity contribution in [1.82, 2.24) is 4.98 Å². The van der Waals surface area contributed by atoms with Crippen LogP contribution in [0.1, 0.15) is 17.6 Å². The molecule has 0 saturated heterocycles. The van der Waals surface area contributed by atoms with Gasteiger partial charge in [-0.3, -0.25) is 0 Å². The number of hydrogen-bond donors (Lipinski definition) is 1. The summed E-state index contributed by atoms with van der Waals surface area (Å²) < 4.78 is 25.3. The van der Waals surface area contributed by atoms with E-state index >= 15 is 0 Å². The third-order valence-electron chi connectivity index (χ3n) is 1.62. The van der Waals surface area contributed by atoms with Gasteiger partial charge in [0.25, 0.3) is 6.43 Å². The van der Waals surface area contributed by atoms with Crippen LogP contribution in [0, 0.1) is 15.0 Å².